The van der Waals surface area contributed by atoms with E-state index in [-0.39, 0.29) is 23.2 Å². The molecule has 2 heterocycles. The first-order chi connectivity index (χ1) is 12.4. The van der Waals surface area contributed by atoms with Crippen molar-refractivity contribution in [2.24, 2.45) is 0 Å². The fourth-order valence-corrected chi connectivity index (χ4v) is 4.24. The normalized spacial score (nSPS) is 16.4. The van der Waals surface area contributed by atoms with Crippen molar-refractivity contribution in [3.05, 3.63) is 42.2 Å². The molecule has 0 bridgehead atoms. The molecule has 1 aliphatic rings. The van der Waals surface area contributed by atoms with Crippen LogP contribution in [0.4, 0.5) is 5.69 Å². The van der Waals surface area contributed by atoms with Gasteiger partial charge in [0.05, 0.1) is 4.90 Å². The lowest BCUT2D eigenvalue weighted by Gasteiger charge is -2.36. The third-order valence-corrected chi connectivity index (χ3v) is 6.36. The molecule has 8 nitrogen and oxygen atoms in total. The lowest BCUT2D eigenvalue weighted by atomic mass is 9.87. The number of halogens is 1. The van der Waals surface area contributed by atoms with Crippen molar-refractivity contribution in [3.63, 3.8) is 0 Å². The Labute approximate surface area is 165 Å². The molecule has 0 atom stereocenters. The minimum Gasteiger partial charge on any atom is -0.324 e. The summed E-state index contributed by atoms with van der Waals surface area (Å²) in [5.41, 5.74) is 0.266. The Hall–Kier alpha value is -1.94. The van der Waals surface area contributed by atoms with Crippen LogP contribution in [-0.2, 0) is 20.4 Å². The van der Waals surface area contributed by atoms with Gasteiger partial charge in [-0.2, -0.15) is 5.10 Å². The van der Waals surface area contributed by atoms with E-state index in [1.54, 1.807) is 42.2 Å². The van der Waals surface area contributed by atoms with Gasteiger partial charge in [0, 0.05) is 18.1 Å². The molecule has 1 saturated heterocycles. The highest BCUT2D eigenvalue weighted by molar-refractivity contribution is 7.89. The molecule has 1 amide bonds. The van der Waals surface area contributed by atoms with E-state index in [1.165, 1.54) is 13.1 Å². The molecule has 10 heteroatoms. The number of carbonyl (C=O) groups excluding carboxylic acids is 1. The zero-order chi connectivity index (χ0) is 18.8. The molecule has 148 valence electrons. The number of nitrogens with zero attached hydrogens (tertiary/aromatic N) is 2. The zero-order valence-electron chi connectivity index (χ0n) is 15.2. The topological polar surface area (TPSA) is 105 Å². The van der Waals surface area contributed by atoms with Gasteiger partial charge in [-0.15, -0.1) is 12.4 Å². The number of amides is 1. The first-order valence-electron chi connectivity index (χ1n) is 8.45. The standard InChI is InChI=1S/C17H23N5O3S.ClH/c1-13-4-5-14(12-15(13)26(24,25)18-2)21-16(23)17(6-9-19-10-7-17)22-11-3-8-20-22;/h3-5,8,11-12,18-19H,6-7,9-10H2,1-2H3,(H,21,23);1H. The Bertz CT molecular complexity index is 893. The number of nitrogens with one attached hydrogen (secondary N) is 3. The van der Waals surface area contributed by atoms with Gasteiger partial charge in [0.1, 0.15) is 5.54 Å². The second kappa shape index (κ2) is 8.39. The van der Waals surface area contributed by atoms with Crippen molar-refractivity contribution >= 4 is 34.0 Å². The van der Waals surface area contributed by atoms with E-state index in [9.17, 15) is 13.2 Å². The van der Waals surface area contributed by atoms with Crippen LogP contribution in [0.2, 0.25) is 0 Å². The summed E-state index contributed by atoms with van der Waals surface area (Å²) in [6.07, 6.45) is 4.65. The first kappa shape index (κ1) is 21.4. The van der Waals surface area contributed by atoms with Crippen LogP contribution in [0.5, 0.6) is 0 Å². The molecule has 1 aromatic carbocycles. The Kier molecular flexibility index (Phi) is 6.63. The molecular formula is C17H24ClN5O3S. The summed E-state index contributed by atoms with van der Waals surface area (Å²) in [6, 6.07) is 6.67. The average molecular weight is 414 g/mol. The fraction of sp³-hybridized carbons (Fsp3) is 0.412. The summed E-state index contributed by atoms with van der Waals surface area (Å²) in [7, 11) is -2.24. The number of anilines is 1. The fourth-order valence-electron chi connectivity index (χ4n) is 3.25. The molecule has 1 aromatic heterocycles. The largest absolute Gasteiger partial charge is 0.324 e. The van der Waals surface area contributed by atoms with E-state index < -0.39 is 15.6 Å². The maximum atomic E-state index is 13.1. The molecule has 27 heavy (non-hydrogen) atoms. The van der Waals surface area contributed by atoms with Crippen molar-refractivity contribution in [2.45, 2.75) is 30.2 Å². The van der Waals surface area contributed by atoms with E-state index in [2.05, 4.69) is 20.5 Å². The van der Waals surface area contributed by atoms with E-state index in [1.807, 2.05) is 0 Å². The summed E-state index contributed by atoms with van der Waals surface area (Å²) in [5, 5.41) is 10.4. The van der Waals surface area contributed by atoms with Gasteiger partial charge in [0.25, 0.3) is 5.91 Å². The maximum Gasteiger partial charge on any atom is 0.252 e. The van der Waals surface area contributed by atoms with Crippen molar-refractivity contribution in [1.29, 1.82) is 0 Å². The Morgan fingerprint density at radius 2 is 2.00 bits per heavy atom. The van der Waals surface area contributed by atoms with Gasteiger partial charge < -0.3 is 10.6 Å². The monoisotopic (exact) mass is 413 g/mol. The van der Waals surface area contributed by atoms with Crippen LogP contribution in [0, 0.1) is 6.92 Å². The summed E-state index contributed by atoms with van der Waals surface area (Å²) in [4.78, 5) is 13.3. The van der Waals surface area contributed by atoms with Crippen LogP contribution >= 0.6 is 12.4 Å². The Morgan fingerprint density at radius 3 is 2.59 bits per heavy atom. The van der Waals surface area contributed by atoms with Crippen LogP contribution in [0.3, 0.4) is 0 Å². The molecule has 3 N–H and O–H groups in total. The molecule has 0 radical (unpaired) electrons. The number of hydrogen-bond acceptors (Lipinski definition) is 5. The van der Waals surface area contributed by atoms with Gasteiger partial charge in [0.2, 0.25) is 10.0 Å². The van der Waals surface area contributed by atoms with Crippen LogP contribution in [0.1, 0.15) is 18.4 Å². The molecule has 1 fully saturated rings. The van der Waals surface area contributed by atoms with E-state index in [4.69, 9.17) is 0 Å². The number of hydrogen-bond donors (Lipinski definition) is 3. The summed E-state index contributed by atoms with van der Waals surface area (Å²) < 4.78 is 28.3. The van der Waals surface area contributed by atoms with E-state index in [0.717, 1.165) is 0 Å². The number of aromatic nitrogens is 2. The third-order valence-electron chi connectivity index (χ3n) is 4.80. The Morgan fingerprint density at radius 1 is 1.30 bits per heavy atom. The second-order valence-corrected chi connectivity index (χ2v) is 8.23. The average Bonchev–Trinajstić information content (AvgIpc) is 3.19. The van der Waals surface area contributed by atoms with Crippen LogP contribution in [0.15, 0.2) is 41.6 Å². The number of piperidine rings is 1. The molecule has 0 saturated carbocycles. The second-order valence-electron chi connectivity index (χ2n) is 6.37. The van der Waals surface area contributed by atoms with E-state index in [0.29, 0.717) is 37.2 Å². The van der Waals surface area contributed by atoms with Gasteiger partial charge in [-0.1, -0.05) is 6.07 Å². The quantitative estimate of drug-likeness (QED) is 0.684. The Balaban J connectivity index is 0.00000261. The number of aryl methyl sites for hydroxylation is 1. The number of rotatable bonds is 5. The molecule has 0 aliphatic carbocycles. The third kappa shape index (κ3) is 4.16. The van der Waals surface area contributed by atoms with Gasteiger partial charge in [-0.05, 0) is 63.7 Å². The van der Waals surface area contributed by atoms with Gasteiger partial charge in [0.15, 0.2) is 0 Å². The van der Waals surface area contributed by atoms with Crippen molar-refractivity contribution in [1.82, 2.24) is 19.8 Å². The lowest BCUT2D eigenvalue weighted by molar-refractivity contribution is -0.126. The number of benzene rings is 1. The lowest BCUT2D eigenvalue weighted by Crippen LogP contribution is -2.52. The van der Waals surface area contributed by atoms with Crippen LogP contribution in [0.25, 0.3) is 0 Å². The molecule has 3 rings (SSSR count). The summed E-state index contributed by atoms with van der Waals surface area (Å²) >= 11 is 0. The molecule has 0 spiro atoms. The summed E-state index contributed by atoms with van der Waals surface area (Å²) in [5.74, 6) is -0.195. The number of carbonyl (C=O) groups is 1. The predicted octanol–water partition coefficient (Wildman–Crippen LogP) is 1.24. The highest BCUT2D eigenvalue weighted by Crippen LogP contribution is 2.29. The van der Waals surface area contributed by atoms with Crippen LogP contribution in [-0.4, -0.2) is 44.2 Å². The molecule has 2 aromatic rings. The maximum absolute atomic E-state index is 13.1. The minimum atomic E-state index is -3.60. The van der Waals surface area contributed by atoms with Gasteiger partial charge >= 0.3 is 0 Å². The predicted molar refractivity (Wildman–Crippen MR) is 106 cm³/mol. The molecule has 0 unspecified atom stereocenters. The van der Waals surface area contributed by atoms with Crippen molar-refractivity contribution < 1.29 is 13.2 Å². The smallest absolute Gasteiger partial charge is 0.252 e. The van der Waals surface area contributed by atoms with Gasteiger partial charge in [-0.25, -0.2) is 13.1 Å². The SMILES string of the molecule is CNS(=O)(=O)c1cc(NC(=O)C2(n3cccn3)CCNCC2)ccc1C.Cl. The number of sulfonamides is 1. The first-order valence-corrected chi connectivity index (χ1v) is 9.94. The van der Waals surface area contributed by atoms with Crippen molar-refractivity contribution in [2.75, 3.05) is 25.5 Å². The minimum absolute atomic E-state index is 0. The molecular weight excluding hydrogens is 390 g/mol. The van der Waals surface area contributed by atoms with E-state index >= 15 is 0 Å². The summed E-state index contributed by atoms with van der Waals surface area (Å²) in [6.45, 7) is 3.13. The highest BCUT2D eigenvalue weighted by Gasteiger charge is 2.42. The molecule has 1 aliphatic heterocycles. The zero-order valence-corrected chi connectivity index (χ0v) is 16.9. The highest BCUT2D eigenvalue weighted by atomic mass is 35.5. The van der Waals surface area contributed by atoms with Crippen molar-refractivity contribution in [3.8, 4) is 0 Å². The van der Waals surface area contributed by atoms with Crippen LogP contribution < -0.4 is 15.4 Å². The van der Waals surface area contributed by atoms with Gasteiger partial charge in [-0.3, -0.25) is 9.48 Å².